The fourth-order valence-corrected chi connectivity index (χ4v) is 3.13. The van der Waals surface area contributed by atoms with Gasteiger partial charge in [0.2, 0.25) is 0 Å². The van der Waals surface area contributed by atoms with Crippen molar-refractivity contribution in [2.75, 3.05) is 14.1 Å². The van der Waals surface area contributed by atoms with Crippen LogP contribution in [0.2, 0.25) is 0 Å². The number of carbonyl (C=O) groups excluding carboxylic acids is 1. The zero-order valence-corrected chi connectivity index (χ0v) is 13.0. The Bertz CT molecular complexity index is 651. The highest BCUT2D eigenvalue weighted by atomic mass is 16.5. The molecule has 0 radical (unpaired) electrons. The van der Waals surface area contributed by atoms with Crippen LogP contribution in [-0.2, 0) is 11.2 Å². The summed E-state index contributed by atoms with van der Waals surface area (Å²) in [5.41, 5.74) is 3.02. The van der Waals surface area contributed by atoms with E-state index in [4.69, 9.17) is 4.74 Å². The van der Waals surface area contributed by atoms with E-state index in [1.807, 2.05) is 44.4 Å². The zero-order chi connectivity index (χ0) is 15.5. The Morgan fingerprint density at radius 2 is 1.73 bits per heavy atom. The molecular formula is C19H21NO2. The molecule has 0 aliphatic heterocycles. The van der Waals surface area contributed by atoms with Crippen LogP contribution in [0, 0.1) is 0 Å². The lowest BCUT2D eigenvalue weighted by Crippen LogP contribution is -2.39. The first-order valence-electron chi connectivity index (χ1n) is 7.67. The van der Waals surface area contributed by atoms with Gasteiger partial charge in [-0.1, -0.05) is 42.5 Å². The van der Waals surface area contributed by atoms with Gasteiger partial charge >= 0.3 is 5.97 Å². The predicted octanol–water partition coefficient (Wildman–Crippen LogP) is 3.46. The molecule has 0 saturated heterocycles. The summed E-state index contributed by atoms with van der Waals surface area (Å²) in [5, 5.41) is 0. The zero-order valence-electron chi connectivity index (χ0n) is 13.0. The minimum absolute atomic E-state index is 0.211. The maximum Gasteiger partial charge on any atom is 0.338 e. The van der Waals surface area contributed by atoms with Crippen LogP contribution < -0.4 is 0 Å². The quantitative estimate of drug-likeness (QED) is 0.812. The van der Waals surface area contributed by atoms with E-state index in [0.717, 1.165) is 18.4 Å². The van der Waals surface area contributed by atoms with Gasteiger partial charge in [-0.3, -0.25) is 0 Å². The van der Waals surface area contributed by atoms with Crippen molar-refractivity contribution >= 4 is 5.97 Å². The van der Waals surface area contributed by atoms with Crippen LogP contribution in [0.3, 0.4) is 0 Å². The first kappa shape index (κ1) is 14.8. The number of aryl methyl sites for hydroxylation is 1. The maximum absolute atomic E-state index is 12.5. The van der Waals surface area contributed by atoms with E-state index in [2.05, 4.69) is 17.0 Å². The third kappa shape index (κ3) is 2.90. The van der Waals surface area contributed by atoms with Crippen molar-refractivity contribution in [1.82, 2.24) is 4.90 Å². The van der Waals surface area contributed by atoms with Crippen LogP contribution in [0.4, 0.5) is 0 Å². The van der Waals surface area contributed by atoms with Crippen LogP contribution >= 0.6 is 0 Å². The van der Waals surface area contributed by atoms with E-state index < -0.39 is 0 Å². The highest BCUT2D eigenvalue weighted by Crippen LogP contribution is 2.35. The van der Waals surface area contributed by atoms with Gasteiger partial charge in [0.15, 0.2) is 0 Å². The van der Waals surface area contributed by atoms with Gasteiger partial charge in [0, 0.05) is 0 Å². The average molecular weight is 295 g/mol. The minimum Gasteiger partial charge on any atom is -0.452 e. The molecule has 0 amide bonds. The van der Waals surface area contributed by atoms with Crippen LogP contribution in [0.1, 0.15) is 34.0 Å². The summed E-state index contributed by atoms with van der Waals surface area (Å²) >= 11 is 0. The molecule has 2 aromatic carbocycles. The van der Waals surface area contributed by atoms with Crippen molar-refractivity contribution in [3.05, 3.63) is 71.3 Å². The Labute approximate surface area is 131 Å². The molecule has 2 atom stereocenters. The third-order valence-electron chi connectivity index (χ3n) is 4.33. The SMILES string of the molecule is CN(C)[C@@H]1CCc2ccccc2[C@@H]1OC(=O)c1ccccc1. The fraction of sp³-hybridized carbons (Fsp3) is 0.316. The minimum atomic E-state index is -0.255. The molecule has 1 aliphatic rings. The van der Waals surface area contributed by atoms with Gasteiger partial charge in [0.1, 0.15) is 6.10 Å². The first-order valence-corrected chi connectivity index (χ1v) is 7.67. The maximum atomic E-state index is 12.5. The highest BCUT2D eigenvalue weighted by Gasteiger charge is 2.33. The molecule has 0 heterocycles. The summed E-state index contributed by atoms with van der Waals surface area (Å²) in [7, 11) is 4.09. The molecule has 22 heavy (non-hydrogen) atoms. The lowest BCUT2D eigenvalue weighted by Gasteiger charge is -2.37. The molecule has 0 N–H and O–H groups in total. The molecule has 2 aromatic rings. The average Bonchev–Trinajstić information content (AvgIpc) is 2.55. The molecule has 0 aromatic heterocycles. The first-order chi connectivity index (χ1) is 10.7. The Morgan fingerprint density at radius 1 is 1.05 bits per heavy atom. The van der Waals surface area contributed by atoms with Crippen LogP contribution in [0.25, 0.3) is 0 Å². The second-order valence-electron chi connectivity index (χ2n) is 5.96. The van der Waals surface area contributed by atoms with Gasteiger partial charge in [0.05, 0.1) is 11.6 Å². The third-order valence-corrected chi connectivity index (χ3v) is 4.33. The van der Waals surface area contributed by atoms with Crippen molar-refractivity contribution < 1.29 is 9.53 Å². The number of hydrogen-bond donors (Lipinski definition) is 0. The van der Waals surface area contributed by atoms with Crippen molar-refractivity contribution in [2.24, 2.45) is 0 Å². The van der Waals surface area contributed by atoms with E-state index in [-0.39, 0.29) is 18.1 Å². The summed E-state index contributed by atoms with van der Waals surface area (Å²) in [6.45, 7) is 0. The molecule has 3 nitrogen and oxygen atoms in total. The number of likely N-dealkylation sites (N-methyl/N-ethyl adjacent to an activating group) is 1. The molecule has 0 unspecified atom stereocenters. The van der Waals surface area contributed by atoms with Gasteiger partial charge < -0.3 is 9.64 Å². The van der Waals surface area contributed by atoms with Gasteiger partial charge in [-0.15, -0.1) is 0 Å². The van der Waals surface area contributed by atoms with Crippen molar-refractivity contribution in [3.63, 3.8) is 0 Å². The lowest BCUT2D eigenvalue weighted by atomic mass is 9.85. The Kier molecular flexibility index (Phi) is 4.25. The molecule has 0 bridgehead atoms. The van der Waals surface area contributed by atoms with E-state index in [9.17, 15) is 4.79 Å². The second-order valence-corrected chi connectivity index (χ2v) is 5.96. The Morgan fingerprint density at radius 3 is 2.45 bits per heavy atom. The highest BCUT2D eigenvalue weighted by molar-refractivity contribution is 5.89. The summed E-state index contributed by atoms with van der Waals surface area (Å²) < 4.78 is 5.90. The second kappa shape index (κ2) is 6.32. The summed E-state index contributed by atoms with van der Waals surface area (Å²) in [6.07, 6.45) is 1.81. The number of rotatable bonds is 3. The number of nitrogens with zero attached hydrogens (tertiary/aromatic N) is 1. The van der Waals surface area contributed by atoms with E-state index >= 15 is 0 Å². The molecule has 114 valence electrons. The Hall–Kier alpha value is -2.13. The fourth-order valence-electron chi connectivity index (χ4n) is 3.13. The predicted molar refractivity (Wildman–Crippen MR) is 86.8 cm³/mol. The molecule has 1 aliphatic carbocycles. The van der Waals surface area contributed by atoms with Gasteiger partial charge in [-0.2, -0.15) is 0 Å². The molecular weight excluding hydrogens is 274 g/mol. The molecule has 0 saturated carbocycles. The van der Waals surface area contributed by atoms with E-state index in [1.54, 1.807) is 12.1 Å². The van der Waals surface area contributed by atoms with Gasteiger partial charge in [0.25, 0.3) is 0 Å². The van der Waals surface area contributed by atoms with Crippen molar-refractivity contribution in [2.45, 2.75) is 25.0 Å². The topological polar surface area (TPSA) is 29.5 Å². The largest absolute Gasteiger partial charge is 0.452 e. The number of ether oxygens (including phenoxy) is 1. The number of hydrogen-bond acceptors (Lipinski definition) is 3. The van der Waals surface area contributed by atoms with Crippen molar-refractivity contribution in [3.8, 4) is 0 Å². The number of benzene rings is 2. The standard InChI is InChI=1S/C19H21NO2/c1-20(2)17-13-12-14-8-6-7-11-16(14)18(17)22-19(21)15-9-4-3-5-10-15/h3-11,17-18H,12-13H2,1-2H3/t17-,18+/m1/s1. The molecule has 3 rings (SSSR count). The normalized spacial score (nSPS) is 20.5. The Balaban J connectivity index is 1.90. The van der Waals surface area contributed by atoms with Crippen molar-refractivity contribution in [1.29, 1.82) is 0 Å². The summed E-state index contributed by atoms with van der Waals surface area (Å²) in [5.74, 6) is -0.255. The number of carbonyl (C=O) groups is 1. The van der Waals surface area contributed by atoms with Crippen LogP contribution in [-0.4, -0.2) is 31.0 Å². The lowest BCUT2D eigenvalue weighted by molar-refractivity contribution is 0.000620. The smallest absolute Gasteiger partial charge is 0.338 e. The van der Waals surface area contributed by atoms with Crippen LogP contribution in [0.5, 0.6) is 0 Å². The molecule has 0 spiro atoms. The van der Waals surface area contributed by atoms with Gasteiger partial charge in [-0.25, -0.2) is 4.79 Å². The molecule has 0 fully saturated rings. The molecule has 3 heteroatoms. The summed E-state index contributed by atoms with van der Waals surface area (Å²) in [6, 6.07) is 17.7. The number of esters is 1. The van der Waals surface area contributed by atoms with E-state index in [0.29, 0.717) is 5.56 Å². The van der Waals surface area contributed by atoms with Gasteiger partial charge in [-0.05, 0) is 50.2 Å². The monoisotopic (exact) mass is 295 g/mol. The summed E-state index contributed by atoms with van der Waals surface area (Å²) in [4.78, 5) is 14.6. The van der Waals surface area contributed by atoms with E-state index in [1.165, 1.54) is 5.56 Å². The number of fused-ring (bicyclic) bond motifs is 1. The van der Waals surface area contributed by atoms with Crippen LogP contribution in [0.15, 0.2) is 54.6 Å².